The second kappa shape index (κ2) is 5.95. The third kappa shape index (κ3) is 2.72. The van der Waals surface area contributed by atoms with Crippen LogP contribution in [0.15, 0.2) is 45.8 Å². The Kier molecular flexibility index (Phi) is 4.05. The van der Waals surface area contributed by atoms with Gasteiger partial charge in [-0.25, -0.2) is 9.37 Å². The van der Waals surface area contributed by atoms with Crippen LogP contribution >= 0.6 is 23.1 Å². The van der Waals surface area contributed by atoms with Gasteiger partial charge in [-0.2, -0.15) is 0 Å². The summed E-state index contributed by atoms with van der Waals surface area (Å²) in [7, 11) is 0. The minimum absolute atomic E-state index is 0.215. The molecule has 3 nitrogen and oxygen atoms in total. The molecule has 3 rings (SSSR count). The predicted molar refractivity (Wildman–Crippen MR) is 81.0 cm³/mol. The average Bonchev–Trinajstić information content (AvgIpc) is 3.00. The van der Waals surface area contributed by atoms with Crippen molar-refractivity contribution in [2.24, 2.45) is 0 Å². The summed E-state index contributed by atoms with van der Waals surface area (Å²) in [5.74, 6) is -0.215. The van der Waals surface area contributed by atoms with E-state index in [0.29, 0.717) is 0 Å². The van der Waals surface area contributed by atoms with E-state index in [1.165, 1.54) is 12.1 Å². The fourth-order valence-corrected chi connectivity index (χ4v) is 3.62. The van der Waals surface area contributed by atoms with Crippen molar-refractivity contribution in [1.82, 2.24) is 14.7 Å². The zero-order chi connectivity index (χ0) is 13.9. The molecule has 20 heavy (non-hydrogen) atoms. The summed E-state index contributed by atoms with van der Waals surface area (Å²) in [6.45, 7) is 3.77. The molecule has 104 valence electrons. The van der Waals surface area contributed by atoms with Gasteiger partial charge in [-0.1, -0.05) is 18.7 Å². The minimum Gasteiger partial charge on any atom is -0.311 e. The molecule has 2 aromatic heterocycles. The highest BCUT2D eigenvalue weighted by molar-refractivity contribution is 7.99. The first-order chi connectivity index (χ1) is 9.78. The van der Waals surface area contributed by atoms with E-state index in [0.717, 1.165) is 33.7 Å². The van der Waals surface area contributed by atoms with Gasteiger partial charge >= 0.3 is 0 Å². The molecule has 1 aromatic carbocycles. The number of halogens is 1. The summed E-state index contributed by atoms with van der Waals surface area (Å²) in [6, 6.07) is 6.52. The van der Waals surface area contributed by atoms with Gasteiger partial charge < -0.3 is 5.32 Å². The van der Waals surface area contributed by atoms with Gasteiger partial charge in [0.2, 0.25) is 0 Å². The maximum Gasteiger partial charge on any atom is 0.194 e. The molecule has 0 bridgehead atoms. The summed E-state index contributed by atoms with van der Waals surface area (Å²) >= 11 is 3.19. The van der Waals surface area contributed by atoms with Crippen molar-refractivity contribution in [3.8, 4) is 0 Å². The summed E-state index contributed by atoms with van der Waals surface area (Å²) in [5, 5.41) is 6.35. The largest absolute Gasteiger partial charge is 0.311 e. The molecule has 2 heterocycles. The average molecular weight is 307 g/mol. The zero-order valence-electron chi connectivity index (χ0n) is 11.0. The number of nitrogens with zero attached hydrogens (tertiary/aromatic N) is 2. The van der Waals surface area contributed by atoms with Gasteiger partial charge in [-0.05, 0) is 30.8 Å². The molecular weight excluding hydrogens is 293 g/mol. The quantitative estimate of drug-likeness (QED) is 0.777. The SMILES string of the molecule is CCNCc1c(Sc2ccc(F)cc2)nc2sccn12. The van der Waals surface area contributed by atoms with Crippen molar-refractivity contribution < 1.29 is 4.39 Å². The highest BCUT2D eigenvalue weighted by Gasteiger charge is 2.13. The number of nitrogens with one attached hydrogen (secondary N) is 1. The maximum atomic E-state index is 13.0. The molecule has 0 atom stereocenters. The second-order valence-corrected chi connectivity index (χ2v) is 6.19. The smallest absolute Gasteiger partial charge is 0.194 e. The standard InChI is InChI=1S/C14H14FN3S2/c1-2-16-9-12-13(17-14-18(12)7-8-19-14)20-11-5-3-10(15)4-6-11/h3-8,16H,2,9H2,1H3. The number of fused-ring (bicyclic) bond motifs is 1. The van der Waals surface area contributed by atoms with Gasteiger partial charge in [0.15, 0.2) is 4.96 Å². The molecule has 0 spiro atoms. The van der Waals surface area contributed by atoms with E-state index in [1.807, 2.05) is 11.6 Å². The third-order valence-corrected chi connectivity index (χ3v) is 4.68. The van der Waals surface area contributed by atoms with Crippen LogP contribution in [-0.4, -0.2) is 15.9 Å². The van der Waals surface area contributed by atoms with Gasteiger partial charge in [0.05, 0.1) is 5.69 Å². The maximum absolute atomic E-state index is 13.0. The van der Waals surface area contributed by atoms with Crippen molar-refractivity contribution >= 4 is 28.1 Å². The molecule has 1 N–H and O–H groups in total. The van der Waals surface area contributed by atoms with Crippen LogP contribution in [0.3, 0.4) is 0 Å². The van der Waals surface area contributed by atoms with Crippen molar-refractivity contribution in [1.29, 1.82) is 0 Å². The van der Waals surface area contributed by atoms with Crippen LogP contribution in [0.25, 0.3) is 4.96 Å². The Hall–Kier alpha value is -1.37. The number of imidazole rings is 1. The van der Waals surface area contributed by atoms with Gasteiger partial charge in [0.1, 0.15) is 10.8 Å². The first-order valence-electron chi connectivity index (χ1n) is 6.36. The Morgan fingerprint density at radius 2 is 2.15 bits per heavy atom. The van der Waals surface area contributed by atoms with Crippen LogP contribution < -0.4 is 5.32 Å². The lowest BCUT2D eigenvalue weighted by Crippen LogP contribution is -2.13. The summed E-state index contributed by atoms with van der Waals surface area (Å²) in [5.41, 5.74) is 1.15. The molecule has 0 amide bonds. The van der Waals surface area contributed by atoms with Crippen LogP contribution in [0.1, 0.15) is 12.6 Å². The molecule has 0 aliphatic heterocycles. The Labute approximate surface area is 124 Å². The Morgan fingerprint density at radius 3 is 2.90 bits per heavy atom. The van der Waals surface area contributed by atoms with Gasteiger partial charge in [0.25, 0.3) is 0 Å². The molecule has 3 aromatic rings. The molecular formula is C14H14FN3S2. The van der Waals surface area contributed by atoms with Gasteiger partial charge in [-0.15, -0.1) is 11.3 Å². The molecule has 0 unspecified atom stereocenters. The molecule has 0 saturated heterocycles. The van der Waals surface area contributed by atoms with Crippen LogP contribution in [-0.2, 0) is 6.54 Å². The van der Waals surface area contributed by atoms with E-state index in [9.17, 15) is 4.39 Å². The predicted octanol–water partition coefficient (Wildman–Crippen LogP) is 3.80. The van der Waals surface area contributed by atoms with Crippen molar-refractivity contribution in [2.45, 2.75) is 23.4 Å². The normalized spacial score (nSPS) is 11.3. The van der Waals surface area contributed by atoms with Crippen molar-refractivity contribution in [2.75, 3.05) is 6.54 Å². The zero-order valence-corrected chi connectivity index (χ0v) is 12.6. The van der Waals surface area contributed by atoms with E-state index < -0.39 is 0 Å². The van der Waals surface area contributed by atoms with Crippen LogP contribution in [0.2, 0.25) is 0 Å². The van der Waals surface area contributed by atoms with E-state index in [1.54, 1.807) is 35.2 Å². The summed E-state index contributed by atoms with van der Waals surface area (Å²) in [6.07, 6.45) is 2.04. The van der Waals surface area contributed by atoms with Crippen LogP contribution in [0.4, 0.5) is 4.39 Å². The molecule has 0 saturated carbocycles. The third-order valence-electron chi connectivity index (χ3n) is 2.89. The number of rotatable bonds is 5. The Balaban J connectivity index is 1.93. The van der Waals surface area contributed by atoms with Gasteiger partial charge in [-0.3, -0.25) is 4.40 Å². The fourth-order valence-electron chi connectivity index (χ4n) is 1.91. The number of thiazole rings is 1. The summed E-state index contributed by atoms with van der Waals surface area (Å²) < 4.78 is 15.1. The van der Waals surface area contributed by atoms with Crippen molar-refractivity contribution in [3.05, 3.63) is 47.4 Å². The van der Waals surface area contributed by atoms with Gasteiger partial charge in [0, 0.05) is 23.0 Å². The minimum atomic E-state index is -0.215. The van der Waals surface area contributed by atoms with Crippen LogP contribution in [0, 0.1) is 5.82 Å². The molecule has 0 aliphatic carbocycles. The molecule has 0 aliphatic rings. The molecule has 0 fully saturated rings. The second-order valence-electron chi connectivity index (χ2n) is 4.26. The number of hydrogen-bond acceptors (Lipinski definition) is 4. The number of benzene rings is 1. The molecule has 0 radical (unpaired) electrons. The van der Waals surface area contributed by atoms with E-state index in [2.05, 4.69) is 21.6 Å². The van der Waals surface area contributed by atoms with E-state index in [4.69, 9.17) is 0 Å². The highest BCUT2D eigenvalue weighted by atomic mass is 32.2. The van der Waals surface area contributed by atoms with E-state index >= 15 is 0 Å². The Bertz CT molecular complexity index is 703. The number of aromatic nitrogens is 2. The Morgan fingerprint density at radius 1 is 1.35 bits per heavy atom. The van der Waals surface area contributed by atoms with Crippen LogP contribution in [0.5, 0.6) is 0 Å². The lowest BCUT2D eigenvalue weighted by atomic mass is 10.4. The monoisotopic (exact) mass is 307 g/mol. The fraction of sp³-hybridized carbons (Fsp3) is 0.214. The molecule has 6 heteroatoms. The lowest BCUT2D eigenvalue weighted by molar-refractivity contribution is 0.626. The number of hydrogen-bond donors (Lipinski definition) is 1. The van der Waals surface area contributed by atoms with E-state index in [-0.39, 0.29) is 5.82 Å². The first-order valence-corrected chi connectivity index (χ1v) is 8.06. The highest BCUT2D eigenvalue weighted by Crippen LogP contribution is 2.31. The summed E-state index contributed by atoms with van der Waals surface area (Å²) in [4.78, 5) is 6.64. The first kappa shape index (κ1) is 13.6. The lowest BCUT2D eigenvalue weighted by Gasteiger charge is -2.04. The topological polar surface area (TPSA) is 29.3 Å². The van der Waals surface area contributed by atoms with Crippen molar-refractivity contribution in [3.63, 3.8) is 0 Å².